The Morgan fingerprint density at radius 1 is 1.18 bits per heavy atom. The standard InChI is InChI=1S/C11H14F4OSi/c1-17(2,11(14,15)10(12)13)8-16-9-6-4-3-5-7-9/h3-7,10H,8H2,1-2H3. The molecule has 1 nitrogen and oxygen atoms in total. The van der Waals surface area contributed by atoms with E-state index in [2.05, 4.69) is 0 Å². The van der Waals surface area contributed by atoms with Crippen LogP contribution in [0.25, 0.3) is 0 Å². The zero-order chi connectivity index (χ0) is 13.1. The maximum Gasteiger partial charge on any atom is 0.297 e. The van der Waals surface area contributed by atoms with E-state index in [1.54, 1.807) is 30.3 Å². The van der Waals surface area contributed by atoms with Gasteiger partial charge in [0.05, 0.1) is 6.23 Å². The van der Waals surface area contributed by atoms with E-state index in [1.165, 1.54) is 13.1 Å². The molecule has 0 amide bonds. The summed E-state index contributed by atoms with van der Waals surface area (Å²) in [6, 6.07) is 8.34. The molecule has 0 aromatic heterocycles. The van der Waals surface area contributed by atoms with Gasteiger partial charge in [-0.1, -0.05) is 31.3 Å². The second kappa shape index (κ2) is 5.08. The maximum atomic E-state index is 13.3. The molecule has 0 atom stereocenters. The predicted octanol–water partition coefficient (Wildman–Crippen LogP) is 3.75. The quantitative estimate of drug-likeness (QED) is 0.582. The van der Waals surface area contributed by atoms with Crippen molar-refractivity contribution in [2.45, 2.75) is 25.1 Å². The third-order valence-electron chi connectivity index (χ3n) is 2.52. The zero-order valence-corrected chi connectivity index (χ0v) is 10.6. The van der Waals surface area contributed by atoms with Crippen molar-refractivity contribution < 1.29 is 22.3 Å². The molecular formula is C11H14F4OSi. The van der Waals surface area contributed by atoms with Crippen LogP contribution >= 0.6 is 0 Å². The Kier molecular flexibility index (Phi) is 4.19. The molecule has 0 aliphatic heterocycles. The van der Waals surface area contributed by atoms with Crippen LogP contribution in [-0.4, -0.2) is 26.3 Å². The lowest BCUT2D eigenvalue weighted by Crippen LogP contribution is -2.56. The van der Waals surface area contributed by atoms with Crippen molar-refractivity contribution in [3.05, 3.63) is 30.3 Å². The van der Waals surface area contributed by atoms with Gasteiger partial charge in [0.1, 0.15) is 5.75 Å². The molecule has 0 spiro atoms. The highest BCUT2D eigenvalue weighted by Gasteiger charge is 2.56. The molecule has 1 aromatic carbocycles. The van der Waals surface area contributed by atoms with Gasteiger partial charge in [0.2, 0.25) is 0 Å². The summed E-state index contributed by atoms with van der Waals surface area (Å²) < 4.78 is 56.2. The van der Waals surface area contributed by atoms with E-state index in [9.17, 15) is 17.6 Å². The van der Waals surface area contributed by atoms with Gasteiger partial charge in [-0.15, -0.1) is 0 Å². The predicted molar refractivity (Wildman–Crippen MR) is 60.4 cm³/mol. The van der Waals surface area contributed by atoms with Crippen molar-refractivity contribution in [1.82, 2.24) is 0 Å². The lowest BCUT2D eigenvalue weighted by Gasteiger charge is -2.30. The molecule has 6 heteroatoms. The molecule has 0 aliphatic rings. The number of rotatable bonds is 5. The minimum atomic E-state index is -3.94. The fourth-order valence-corrected chi connectivity index (χ4v) is 2.48. The summed E-state index contributed by atoms with van der Waals surface area (Å²) in [5, 5.41) is 0. The second-order valence-corrected chi connectivity index (χ2v) is 9.13. The van der Waals surface area contributed by atoms with E-state index < -0.39 is 20.0 Å². The summed E-state index contributed by atoms with van der Waals surface area (Å²) in [6.07, 6.45) is -3.97. The molecule has 0 aliphatic carbocycles. The van der Waals surface area contributed by atoms with Gasteiger partial charge in [0.15, 0.2) is 8.07 Å². The number of benzene rings is 1. The molecule has 96 valence electrons. The van der Waals surface area contributed by atoms with E-state index in [0.29, 0.717) is 5.75 Å². The first-order chi connectivity index (χ1) is 7.77. The summed E-state index contributed by atoms with van der Waals surface area (Å²) in [7, 11) is -3.48. The van der Waals surface area contributed by atoms with Crippen molar-refractivity contribution in [3.63, 3.8) is 0 Å². The monoisotopic (exact) mass is 266 g/mol. The highest BCUT2D eigenvalue weighted by molar-refractivity contribution is 6.79. The van der Waals surface area contributed by atoms with Crippen molar-refractivity contribution in [2.24, 2.45) is 0 Å². The molecule has 0 heterocycles. The van der Waals surface area contributed by atoms with Gasteiger partial charge in [0.25, 0.3) is 12.0 Å². The summed E-state index contributed by atoms with van der Waals surface area (Å²) in [5.74, 6) is 0.415. The van der Waals surface area contributed by atoms with Crippen molar-refractivity contribution in [1.29, 1.82) is 0 Å². The summed E-state index contributed by atoms with van der Waals surface area (Å²) in [6.45, 7) is 2.39. The van der Waals surface area contributed by atoms with Crippen LogP contribution in [0.4, 0.5) is 17.6 Å². The van der Waals surface area contributed by atoms with Crippen LogP contribution in [0.2, 0.25) is 13.1 Å². The lowest BCUT2D eigenvalue weighted by atomic mass is 10.3. The minimum absolute atomic E-state index is 0.339. The van der Waals surface area contributed by atoms with Crippen LogP contribution in [0.1, 0.15) is 0 Å². The molecule has 0 saturated carbocycles. The Morgan fingerprint density at radius 3 is 2.18 bits per heavy atom. The van der Waals surface area contributed by atoms with Gasteiger partial charge in [-0.05, 0) is 12.1 Å². The summed E-state index contributed by atoms with van der Waals surface area (Å²) >= 11 is 0. The van der Waals surface area contributed by atoms with E-state index in [-0.39, 0.29) is 6.23 Å². The topological polar surface area (TPSA) is 9.23 Å². The molecule has 0 bridgehead atoms. The van der Waals surface area contributed by atoms with E-state index in [0.717, 1.165) is 0 Å². The van der Waals surface area contributed by atoms with Crippen LogP contribution < -0.4 is 4.74 Å². The largest absolute Gasteiger partial charge is 0.497 e. The average molecular weight is 266 g/mol. The molecule has 17 heavy (non-hydrogen) atoms. The summed E-state index contributed by atoms with van der Waals surface area (Å²) in [5.41, 5.74) is -3.94. The maximum absolute atomic E-state index is 13.3. The number of hydrogen-bond acceptors (Lipinski definition) is 1. The fraction of sp³-hybridized carbons (Fsp3) is 0.455. The van der Waals surface area contributed by atoms with Gasteiger partial charge >= 0.3 is 0 Å². The second-order valence-electron chi connectivity index (χ2n) is 4.41. The number of para-hydroxylation sites is 1. The zero-order valence-electron chi connectivity index (χ0n) is 9.59. The van der Waals surface area contributed by atoms with Crippen LogP contribution in [0, 0.1) is 0 Å². The summed E-state index contributed by atoms with van der Waals surface area (Å²) in [4.78, 5) is 0. The third-order valence-corrected chi connectivity index (χ3v) is 5.41. The first-order valence-corrected chi connectivity index (χ1v) is 8.32. The van der Waals surface area contributed by atoms with Gasteiger partial charge in [-0.3, -0.25) is 0 Å². The van der Waals surface area contributed by atoms with Gasteiger partial charge < -0.3 is 4.74 Å². The Bertz CT molecular complexity index is 354. The van der Waals surface area contributed by atoms with Crippen molar-refractivity contribution >= 4 is 8.07 Å². The first kappa shape index (κ1) is 14.0. The van der Waals surface area contributed by atoms with E-state index >= 15 is 0 Å². The smallest absolute Gasteiger partial charge is 0.297 e. The SMILES string of the molecule is C[Si](C)(COc1ccccc1)C(F)(F)C(F)F. The third kappa shape index (κ3) is 3.21. The Labute approximate surface area is 98.4 Å². The molecule has 0 saturated heterocycles. The first-order valence-electron chi connectivity index (χ1n) is 5.11. The number of alkyl halides is 4. The lowest BCUT2D eigenvalue weighted by molar-refractivity contribution is -0.0743. The highest BCUT2D eigenvalue weighted by Crippen LogP contribution is 2.33. The van der Waals surface area contributed by atoms with E-state index in [1.807, 2.05) is 0 Å². The Morgan fingerprint density at radius 2 is 1.71 bits per heavy atom. The van der Waals surface area contributed by atoms with Crippen molar-refractivity contribution in [2.75, 3.05) is 6.23 Å². The molecule has 0 fully saturated rings. The number of hydrogen-bond donors (Lipinski definition) is 0. The van der Waals surface area contributed by atoms with Gasteiger partial charge in [0, 0.05) is 0 Å². The van der Waals surface area contributed by atoms with E-state index in [4.69, 9.17) is 4.74 Å². The molecule has 0 N–H and O–H groups in total. The van der Waals surface area contributed by atoms with Gasteiger partial charge in [-0.25, -0.2) is 17.6 Å². The van der Waals surface area contributed by atoms with Crippen LogP contribution in [0.3, 0.4) is 0 Å². The highest BCUT2D eigenvalue weighted by atomic mass is 28.3. The molecular weight excluding hydrogens is 252 g/mol. The Balaban J connectivity index is 2.68. The number of ether oxygens (including phenoxy) is 1. The Hall–Kier alpha value is -1.04. The normalized spacial score (nSPS) is 12.9. The molecule has 0 radical (unpaired) electrons. The number of halogens is 4. The van der Waals surface area contributed by atoms with Crippen LogP contribution in [0.15, 0.2) is 30.3 Å². The molecule has 0 unspecified atom stereocenters. The fourth-order valence-electron chi connectivity index (χ4n) is 1.17. The van der Waals surface area contributed by atoms with Crippen LogP contribution in [-0.2, 0) is 0 Å². The minimum Gasteiger partial charge on any atom is -0.497 e. The van der Waals surface area contributed by atoms with Gasteiger partial charge in [-0.2, -0.15) is 0 Å². The van der Waals surface area contributed by atoms with Crippen LogP contribution in [0.5, 0.6) is 5.75 Å². The average Bonchev–Trinajstić information content (AvgIpc) is 2.27. The molecule has 1 rings (SSSR count). The molecule has 1 aromatic rings. The van der Waals surface area contributed by atoms with Crippen molar-refractivity contribution in [3.8, 4) is 5.75 Å².